The Morgan fingerprint density at radius 3 is 2.69 bits per heavy atom. The van der Waals surface area contributed by atoms with Crippen LogP contribution in [0.25, 0.3) is 0 Å². The van der Waals surface area contributed by atoms with E-state index >= 15 is 0 Å². The highest BCUT2D eigenvalue weighted by Crippen LogP contribution is 2.29. The Labute approximate surface area is 150 Å². The van der Waals surface area contributed by atoms with Crippen molar-refractivity contribution in [3.8, 4) is 0 Å². The first-order chi connectivity index (χ1) is 12.4. The molecule has 136 valence electrons. The van der Waals surface area contributed by atoms with Gasteiger partial charge in [0.2, 0.25) is 0 Å². The van der Waals surface area contributed by atoms with E-state index in [2.05, 4.69) is 5.32 Å². The van der Waals surface area contributed by atoms with E-state index in [0.29, 0.717) is 11.3 Å². The van der Waals surface area contributed by atoms with Crippen molar-refractivity contribution in [1.82, 2.24) is 5.32 Å². The molecule has 2 amide bonds. The molecule has 2 aromatic rings. The first-order valence-corrected chi connectivity index (χ1v) is 8.23. The van der Waals surface area contributed by atoms with Gasteiger partial charge in [0.15, 0.2) is 0 Å². The van der Waals surface area contributed by atoms with Crippen molar-refractivity contribution in [1.29, 1.82) is 0 Å². The van der Waals surface area contributed by atoms with E-state index in [1.165, 1.54) is 23.1 Å². The monoisotopic (exact) mass is 358 g/mol. The lowest BCUT2D eigenvalue weighted by Gasteiger charge is -2.23. The number of carbonyl (C=O) groups excluding carboxylic acids is 2. The fraction of sp³-hybridized carbons (Fsp3) is 0.263. The second kappa shape index (κ2) is 7.13. The van der Waals surface area contributed by atoms with Crippen molar-refractivity contribution in [3.05, 3.63) is 66.0 Å². The molecular formula is C19H19FN2O4. The third-order valence-electron chi connectivity index (χ3n) is 4.27. The fourth-order valence-corrected chi connectivity index (χ4v) is 2.85. The molecule has 2 atom stereocenters. The normalized spacial score (nSPS) is 20.7. The lowest BCUT2D eigenvalue weighted by atomic mass is 10.1. The van der Waals surface area contributed by atoms with Crippen LogP contribution in [0, 0.1) is 5.82 Å². The standard InChI is InChI=1S/C19H19FN2O4/c1-13(14-6-5-7-15(20)12-14)21-18(24)26-19(25)10-11-22(17(19)23)16-8-3-2-4-9-16/h2-9,12-13,25H,10-11H2,1H3,(H,21,24). The van der Waals surface area contributed by atoms with E-state index in [4.69, 9.17) is 4.74 Å². The van der Waals surface area contributed by atoms with Gasteiger partial charge in [-0.05, 0) is 36.8 Å². The van der Waals surface area contributed by atoms with Crippen LogP contribution in [-0.2, 0) is 9.53 Å². The summed E-state index contributed by atoms with van der Waals surface area (Å²) in [6, 6.07) is 14.0. The van der Waals surface area contributed by atoms with Crippen LogP contribution in [0.3, 0.4) is 0 Å². The maximum absolute atomic E-state index is 13.3. The number of anilines is 1. The smallest absolute Gasteiger partial charge is 0.407 e. The van der Waals surface area contributed by atoms with Crippen molar-refractivity contribution in [2.75, 3.05) is 11.4 Å². The van der Waals surface area contributed by atoms with Crippen molar-refractivity contribution < 1.29 is 23.8 Å². The molecule has 1 heterocycles. The van der Waals surface area contributed by atoms with Crippen LogP contribution in [0.1, 0.15) is 24.9 Å². The number of hydrogen-bond donors (Lipinski definition) is 2. The van der Waals surface area contributed by atoms with Crippen LogP contribution >= 0.6 is 0 Å². The zero-order valence-corrected chi connectivity index (χ0v) is 14.2. The Morgan fingerprint density at radius 1 is 1.27 bits per heavy atom. The number of rotatable bonds is 4. The molecule has 0 spiro atoms. The molecule has 26 heavy (non-hydrogen) atoms. The zero-order chi connectivity index (χ0) is 18.7. The first-order valence-electron chi connectivity index (χ1n) is 8.23. The molecule has 2 aromatic carbocycles. The van der Waals surface area contributed by atoms with E-state index in [9.17, 15) is 19.1 Å². The van der Waals surface area contributed by atoms with Crippen molar-refractivity contribution in [2.24, 2.45) is 0 Å². The largest absolute Gasteiger partial charge is 0.410 e. The molecule has 7 heteroatoms. The third kappa shape index (κ3) is 3.67. The van der Waals surface area contributed by atoms with Gasteiger partial charge in [-0.2, -0.15) is 0 Å². The average Bonchev–Trinajstić information content (AvgIpc) is 2.90. The summed E-state index contributed by atoms with van der Waals surface area (Å²) in [5, 5.41) is 12.9. The molecule has 0 aliphatic carbocycles. The van der Waals surface area contributed by atoms with Gasteiger partial charge in [0.05, 0.1) is 6.04 Å². The van der Waals surface area contributed by atoms with E-state index in [-0.39, 0.29) is 13.0 Å². The number of ether oxygens (including phenoxy) is 1. The molecule has 0 aromatic heterocycles. The number of hydrogen-bond acceptors (Lipinski definition) is 4. The van der Waals surface area contributed by atoms with Gasteiger partial charge in [0.25, 0.3) is 11.7 Å². The number of aliphatic hydroxyl groups is 1. The molecule has 6 nitrogen and oxygen atoms in total. The topological polar surface area (TPSA) is 78.9 Å². The number of nitrogens with zero attached hydrogens (tertiary/aromatic N) is 1. The number of benzene rings is 2. The fourth-order valence-electron chi connectivity index (χ4n) is 2.85. The summed E-state index contributed by atoms with van der Waals surface area (Å²) in [5.41, 5.74) is 1.16. The summed E-state index contributed by atoms with van der Waals surface area (Å²) >= 11 is 0. The van der Waals surface area contributed by atoms with Gasteiger partial charge < -0.3 is 20.1 Å². The van der Waals surface area contributed by atoms with Gasteiger partial charge in [-0.15, -0.1) is 0 Å². The van der Waals surface area contributed by atoms with E-state index in [0.717, 1.165) is 0 Å². The van der Waals surface area contributed by atoms with Crippen molar-refractivity contribution >= 4 is 17.7 Å². The predicted octanol–water partition coefficient (Wildman–Crippen LogP) is 2.74. The summed E-state index contributed by atoms with van der Waals surface area (Å²) < 4.78 is 18.3. The Bertz CT molecular complexity index is 814. The van der Waals surface area contributed by atoms with E-state index < -0.39 is 29.6 Å². The molecule has 0 radical (unpaired) electrons. The molecule has 1 aliphatic heterocycles. The number of para-hydroxylation sites is 1. The van der Waals surface area contributed by atoms with E-state index in [1.807, 2.05) is 6.07 Å². The van der Waals surface area contributed by atoms with Crippen LogP contribution in [0.2, 0.25) is 0 Å². The lowest BCUT2D eigenvalue weighted by Crippen LogP contribution is -2.46. The summed E-state index contributed by atoms with van der Waals surface area (Å²) in [6.45, 7) is 1.87. The van der Waals surface area contributed by atoms with Crippen LogP contribution in [-0.4, -0.2) is 29.4 Å². The summed E-state index contributed by atoms with van der Waals surface area (Å²) in [7, 11) is 0. The minimum absolute atomic E-state index is 0.0392. The predicted molar refractivity (Wildman–Crippen MR) is 92.8 cm³/mol. The van der Waals surface area contributed by atoms with Gasteiger partial charge in [0, 0.05) is 18.7 Å². The molecule has 0 bridgehead atoms. The number of amides is 2. The van der Waals surface area contributed by atoms with Crippen molar-refractivity contribution in [2.45, 2.75) is 25.2 Å². The van der Waals surface area contributed by atoms with Gasteiger partial charge in [-0.1, -0.05) is 30.3 Å². The molecule has 1 saturated heterocycles. The molecule has 2 N–H and O–H groups in total. The summed E-state index contributed by atoms with van der Waals surface area (Å²) in [6.07, 6.45) is -0.991. The highest BCUT2D eigenvalue weighted by atomic mass is 19.1. The summed E-state index contributed by atoms with van der Waals surface area (Å²) in [4.78, 5) is 26.0. The number of alkyl carbamates (subject to hydrolysis) is 1. The van der Waals surface area contributed by atoms with E-state index in [1.54, 1.807) is 37.3 Å². The Morgan fingerprint density at radius 2 is 2.00 bits per heavy atom. The van der Waals surface area contributed by atoms with Gasteiger partial charge in [-0.25, -0.2) is 9.18 Å². The number of carbonyl (C=O) groups is 2. The van der Waals surface area contributed by atoms with Crippen molar-refractivity contribution in [3.63, 3.8) is 0 Å². The van der Waals surface area contributed by atoms with Crippen LogP contribution in [0.4, 0.5) is 14.9 Å². The molecular weight excluding hydrogens is 339 g/mol. The summed E-state index contributed by atoms with van der Waals surface area (Å²) in [5.74, 6) is -3.34. The number of halogens is 1. The second-order valence-corrected chi connectivity index (χ2v) is 6.14. The van der Waals surface area contributed by atoms with Gasteiger partial charge in [-0.3, -0.25) is 4.79 Å². The van der Waals surface area contributed by atoms with Gasteiger partial charge >= 0.3 is 6.09 Å². The highest BCUT2D eigenvalue weighted by molar-refractivity contribution is 6.01. The molecule has 1 fully saturated rings. The van der Waals surface area contributed by atoms with Crippen LogP contribution < -0.4 is 10.2 Å². The molecule has 1 aliphatic rings. The SMILES string of the molecule is CC(NC(=O)OC1(O)CCN(c2ccccc2)C1=O)c1cccc(F)c1. The van der Waals surface area contributed by atoms with Crippen LogP contribution in [0.5, 0.6) is 0 Å². The number of nitrogens with one attached hydrogen (secondary N) is 1. The molecule has 0 saturated carbocycles. The van der Waals surface area contributed by atoms with Gasteiger partial charge in [0.1, 0.15) is 5.82 Å². The Balaban J connectivity index is 1.64. The first kappa shape index (κ1) is 17.9. The second-order valence-electron chi connectivity index (χ2n) is 6.14. The maximum Gasteiger partial charge on any atom is 0.410 e. The quantitative estimate of drug-likeness (QED) is 0.824. The Hall–Kier alpha value is -2.93. The zero-order valence-electron chi connectivity index (χ0n) is 14.2. The Kier molecular flexibility index (Phi) is 4.90. The maximum atomic E-state index is 13.3. The third-order valence-corrected chi connectivity index (χ3v) is 4.27. The highest BCUT2D eigenvalue weighted by Gasteiger charge is 2.49. The van der Waals surface area contributed by atoms with Crippen LogP contribution in [0.15, 0.2) is 54.6 Å². The molecule has 2 unspecified atom stereocenters. The minimum atomic E-state index is -2.22. The molecule has 3 rings (SSSR count). The lowest BCUT2D eigenvalue weighted by molar-refractivity contribution is -0.175. The minimum Gasteiger partial charge on any atom is -0.407 e. The average molecular weight is 358 g/mol.